The van der Waals surface area contributed by atoms with Crippen LogP contribution in [0.4, 0.5) is 0 Å². The maximum Gasteiger partial charge on any atom is 0.307 e. The number of H-pyrrole nitrogens is 1. The van der Waals surface area contributed by atoms with Gasteiger partial charge in [0, 0.05) is 29.0 Å². The van der Waals surface area contributed by atoms with Gasteiger partial charge in [-0.2, -0.15) is 5.10 Å². The highest BCUT2D eigenvalue weighted by Crippen LogP contribution is 2.46. The second kappa shape index (κ2) is 7.33. The molecule has 1 N–H and O–H groups in total. The molecular weight excluding hydrogens is 412 g/mol. The smallest absolute Gasteiger partial charge is 0.307 e. The number of rotatable bonds is 5. The molecule has 2 aromatic carbocycles. The average molecular weight is 434 g/mol. The molecule has 5 rings (SSSR count). The predicted molar refractivity (Wildman–Crippen MR) is 120 cm³/mol. The van der Waals surface area contributed by atoms with Crippen molar-refractivity contribution >= 4 is 21.9 Å². The molecule has 2 aromatic heterocycles. The summed E-state index contributed by atoms with van der Waals surface area (Å²) in [6, 6.07) is 7.24. The van der Waals surface area contributed by atoms with Gasteiger partial charge in [-0.05, 0) is 30.7 Å². The van der Waals surface area contributed by atoms with Crippen molar-refractivity contribution in [1.82, 2.24) is 10.2 Å². The topological polar surface area (TPSA) is 95.8 Å². The molecule has 0 saturated heterocycles. The Balaban J connectivity index is 1.81. The van der Waals surface area contributed by atoms with Crippen molar-refractivity contribution in [3.8, 4) is 34.3 Å². The third kappa shape index (κ3) is 2.83. The Kier molecular flexibility index (Phi) is 4.58. The molecule has 1 atom stereocenters. The first kappa shape index (κ1) is 20.0. The molecule has 4 aromatic rings. The van der Waals surface area contributed by atoms with Crippen LogP contribution in [0.5, 0.6) is 23.0 Å². The standard InChI is InChI=1S/C24H22N2O6/c1-11(2)16-9-14-15(31-16)7-6-12(22(14)30-5)21-20-13-8-18(28-3)19(29-4)10-17(13)32-23(20)24(27)26-25-21/h6-8,10,16H,1,9H2,2-5H3,(H,26,27)/t16-/m1/s1. The molecule has 1 aliphatic heterocycles. The predicted octanol–water partition coefficient (Wildman–Crippen LogP) is 4.24. The molecule has 0 amide bonds. The molecule has 3 heterocycles. The van der Waals surface area contributed by atoms with E-state index in [9.17, 15) is 4.79 Å². The minimum Gasteiger partial charge on any atom is -0.496 e. The number of benzene rings is 2. The average Bonchev–Trinajstić information content (AvgIpc) is 3.40. The van der Waals surface area contributed by atoms with Crippen molar-refractivity contribution in [2.24, 2.45) is 0 Å². The van der Waals surface area contributed by atoms with Gasteiger partial charge in [0.05, 0.1) is 26.7 Å². The zero-order valence-corrected chi connectivity index (χ0v) is 18.2. The van der Waals surface area contributed by atoms with E-state index in [0.29, 0.717) is 45.7 Å². The highest BCUT2D eigenvalue weighted by atomic mass is 16.5. The molecule has 1 aliphatic rings. The number of aromatic amines is 1. The summed E-state index contributed by atoms with van der Waals surface area (Å²) in [6.07, 6.45) is 0.537. The Morgan fingerprint density at radius 2 is 1.91 bits per heavy atom. The first-order chi connectivity index (χ1) is 15.5. The van der Waals surface area contributed by atoms with Crippen molar-refractivity contribution < 1.29 is 23.4 Å². The van der Waals surface area contributed by atoms with Gasteiger partial charge in [-0.25, -0.2) is 5.10 Å². The van der Waals surface area contributed by atoms with Crippen LogP contribution in [0.1, 0.15) is 12.5 Å². The molecule has 0 saturated carbocycles. The largest absolute Gasteiger partial charge is 0.496 e. The summed E-state index contributed by atoms with van der Waals surface area (Å²) in [4.78, 5) is 12.6. The van der Waals surface area contributed by atoms with Gasteiger partial charge in [-0.15, -0.1) is 0 Å². The summed E-state index contributed by atoms with van der Waals surface area (Å²) in [7, 11) is 4.71. The van der Waals surface area contributed by atoms with Crippen LogP contribution >= 0.6 is 0 Å². The van der Waals surface area contributed by atoms with Crippen LogP contribution in [-0.2, 0) is 6.42 Å². The maximum atomic E-state index is 12.6. The lowest BCUT2D eigenvalue weighted by atomic mass is 9.98. The van der Waals surface area contributed by atoms with E-state index in [-0.39, 0.29) is 11.7 Å². The molecule has 0 aliphatic carbocycles. The number of ether oxygens (including phenoxy) is 4. The van der Waals surface area contributed by atoms with Crippen molar-refractivity contribution in [3.05, 3.63) is 52.3 Å². The van der Waals surface area contributed by atoms with Gasteiger partial charge in [-0.3, -0.25) is 4.79 Å². The second-order valence-corrected chi connectivity index (χ2v) is 7.69. The fourth-order valence-electron chi connectivity index (χ4n) is 4.21. The summed E-state index contributed by atoms with van der Waals surface area (Å²) in [6.45, 7) is 5.95. The van der Waals surface area contributed by atoms with Crippen LogP contribution in [0.2, 0.25) is 0 Å². The molecule has 8 nitrogen and oxygen atoms in total. The molecular formula is C24H22N2O6. The van der Waals surface area contributed by atoms with E-state index in [2.05, 4.69) is 16.8 Å². The van der Waals surface area contributed by atoms with Gasteiger partial charge in [0.1, 0.15) is 28.9 Å². The van der Waals surface area contributed by atoms with Crippen LogP contribution in [0, 0.1) is 0 Å². The summed E-state index contributed by atoms with van der Waals surface area (Å²) in [5.41, 5.74) is 3.35. The fraction of sp³-hybridized carbons (Fsp3) is 0.250. The highest BCUT2D eigenvalue weighted by molar-refractivity contribution is 6.12. The zero-order valence-electron chi connectivity index (χ0n) is 18.2. The minimum absolute atomic E-state index is 0.107. The number of hydrogen-bond acceptors (Lipinski definition) is 7. The summed E-state index contributed by atoms with van der Waals surface area (Å²) >= 11 is 0. The molecule has 0 fully saturated rings. The third-order valence-corrected chi connectivity index (χ3v) is 5.79. The van der Waals surface area contributed by atoms with Crippen LogP contribution in [0.25, 0.3) is 33.2 Å². The van der Waals surface area contributed by atoms with E-state index < -0.39 is 5.56 Å². The monoisotopic (exact) mass is 434 g/mol. The second-order valence-electron chi connectivity index (χ2n) is 7.69. The van der Waals surface area contributed by atoms with E-state index in [1.807, 2.05) is 19.1 Å². The van der Waals surface area contributed by atoms with E-state index >= 15 is 0 Å². The van der Waals surface area contributed by atoms with Crippen LogP contribution in [-0.4, -0.2) is 37.6 Å². The number of methoxy groups -OCH3 is 3. The molecule has 0 unspecified atom stereocenters. The highest BCUT2D eigenvalue weighted by Gasteiger charge is 2.30. The van der Waals surface area contributed by atoms with E-state index in [4.69, 9.17) is 23.4 Å². The zero-order chi connectivity index (χ0) is 22.6. The van der Waals surface area contributed by atoms with E-state index in [1.165, 1.54) is 0 Å². The lowest BCUT2D eigenvalue weighted by Crippen LogP contribution is -2.13. The Hall–Kier alpha value is -3.94. The van der Waals surface area contributed by atoms with Crippen LogP contribution < -0.4 is 24.5 Å². The van der Waals surface area contributed by atoms with Gasteiger partial charge in [0.15, 0.2) is 11.5 Å². The summed E-state index contributed by atoms with van der Waals surface area (Å²) < 4.78 is 28.6. The van der Waals surface area contributed by atoms with Gasteiger partial charge in [-0.1, -0.05) is 6.58 Å². The Bertz CT molecular complexity index is 1450. The molecule has 0 spiro atoms. The number of fused-ring (bicyclic) bond motifs is 4. The molecule has 32 heavy (non-hydrogen) atoms. The number of hydrogen-bond donors (Lipinski definition) is 1. The van der Waals surface area contributed by atoms with Crippen molar-refractivity contribution in [2.45, 2.75) is 19.4 Å². The lowest BCUT2D eigenvalue weighted by molar-refractivity contribution is 0.271. The molecule has 8 heteroatoms. The van der Waals surface area contributed by atoms with Gasteiger partial charge in [0.25, 0.3) is 0 Å². The molecule has 0 radical (unpaired) electrons. The third-order valence-electron chi connectivity index (χ3n) is 5.79. The number of aromatic nitrogens is 2. The Morgan fingerprint density at radius 1 is 1.16 bits per heavy atom. The van der Waals surface area contributed by atoms with E-state index in [0.717, 1.165) is 22.4 Å². The van der Waals surface area contributed by atoms with E-state index in [1.54, 1.807) is 33.5 Å². The summed E-state index contributed by atoms with van der Waals surface area (Å²) in [5.74, 6) is 2.42. The summed E-state index contributed by atoms with van der Waals surface area (Å²) in [5, 5.41) is 8.17. The van der Waals surface area contributed by atoms with Gasteiger partial charge in [0.2, 0.25) is 5.58 Å². The van der Waals surface area contributed by atoms with Crippen LogP contribution in [0.3, 0.4) is 0 Å². The number of nitrogens with one attached hydrogen (secondary N) is 1. The Morgan fingerprint density at radius 3 is 2.59 bits per heavy atom. The SMILES string of the molecule is C=C(C)[C@H]1Cc2c(ccc(-c3n[nH]c(=O)c4oc5cc(OC)c(OC)cc5c34)c2OC)O1. The number of furan rings is 1. The molecule has 0 bridgehead atoms. The van der Waals surface area contributed by atoms with Crippen molar-refractivity contribution in [2.75, 3.05) is 21.3 Å². The van der Waals surface area contributed by atoms with Crippen molar-refractivity contribution in [3.63, 3.8) is 0 Å². The quantitative estimate of drug-likeness (QED) is 0.469. The van der Waals surface area contributed by atoms with Crippen molar-refractivity contribution in [1.29, 1.82) is 0 Å². The lowest BCUT2D eigenvalue weighted by Gasteiger charge is -2.12. The van der Waals surface area contributed by atoms with Gasteiger partial charge >= 0.3 is 5.56 Å². The fourth-order valence-corrected chi connectivity index (χ4v) is 4.21. The minimum atomic E-state index is -0.427. The maximum absolute atomic E-state index is 12.6. The Labute approximate surface area is 183 Å². The number of nitrogens with zero attached hydrogens (tertiary/aromatic N) is 1. The van der Waals surface area contributed by atoms with Crippen LogP contribution in [0.15, 0.2) is 45.6 Å². The molecule has 164 valence electrons. The normalized spacial score (nSPS) is 14.9. The first-order valence-corrected chi connectivity index (χ1v) is 10.1. The first-order valence-electron chi connectivity index (χ1n) is 10.1. The van der Waals surface area contributed by atoms with Gasteiger partial charge < -0.3 is 23.4 Å².